The largest absolute Gasteiger partial charge is 0.496 e. The molecule has 6 nitrogen and oxygen atoms in total. The van der Waals surface area contributed by atoms with E-state index in [0.29, 0.717) is 11.8 Å². The van der Waals surface area contributed by atoms with Crippen LogP contribution >= 0.6 is 0 Å². The number of pyridine rings is 1. The number of anilines is 1. The van der Waals surface area contributed by atoms with Gasteiger partial charge in [0.25, 0.3) is 12.3 Å². The molecule has 1 aromatic heterocycles. The molecule has 1 aromatic carbocycles. The minimum Gasteiger partial charge on any atom is -0.496 e. The van der Waals surface area contributed by atoms with Gasteiger partial charge in [-0.05, 0) is 25.1 Å². The lowest BCUT2D eigenvalue weighted by atomic mass is 9.76. The van der Waals surface area contributed by atoms with Gasteiger partial charge in [0.05, 0.1) is 36.9 Å². The number of hydrogen-bond acceptors (Lipinski definition) is 5. The van der Waals surface area contributed by atoms with E-state index in [4.69, 9.17) is 14.6 Å². The zero-order valence-corrected chi connectivity index (χ0v) is 18.3. The molecule has 12 heteroatoms. The molecule has 186 valence electrons. The predicted octanol–water partition coefficient (Wildman–Crippen LogP) is 4.74. The molecule has 3 rings (SSSR count). The Morgan fingerprint density at radius 3 is 2.47 bits per heavy atom. The van der Waals surface area contributed by atoms with E-state index < -0.39 is 59.2 Å². The summed E-state index contributed by atoms with van der Waals surface area (Å²) in [7, 11) is 0.983. The molecule has 4 atom stereocenters. The third-order valence-corrected chi connectivity index (χ3v) is 6.14. The van der Waals surface area contributed by atoms with E-state index in [1.54, 1.807) is 0 Å². The maximum atomic E-state index is 14.1. The molecule has 2 N–H and O–H groups in total. The Bertz CT molecular complexity index is 1050. The van der Waals surface area contributed by atoms with Crippen molar-refractivity contribution in [2.75, 3.05) is 12.4 Å². The molecule has 1 aliphatic heterocycles. The fourth-order valence-electron chi connectivity index (χ4n) is 4.11. The minimum atomic E-state index is -4.91. The van der Waals surface area contributed by atoms with E-state index in [1.165, 1.54) is 25.3 Å². The Morgan fingerprint density at radius 1 is 1.29 bits per heavy atom. The van der Waals surface area contributed by atoms with Crippen LogP contribution in [0.1, 0.15) is 43.0 Å². The van der Waals surface area contributed by atoms with Crippen LogP contribution in [0.4, 0.5) is 32.0 Å². The van der Waals surface area contributed by atoms with Crippen molar-refractivity contribution in [3.63, 3.8) is 0 Å². The standard InChI is InChI=1S/C22H22F6N2O4/c1-10-15(13-6-7-14(23)16(19(24)25)17(13)33-3)18(34-21(10,2)22(26,27)28)20(32)30-11-4-5-12(9-31)29-8-11/h4-8,10,15,18-19,31H,9H2,1-3H3,(H,30,32)/t10-,15-,18+,21+/m1/s1. The number of methoxy groups -OCH3 is 1. The normalized spacial score (nSPS) is 25.0. The van der Waals surface area contributed by atoms with Crippen molar-refractivity contribution in [2.24, 2.45) is 5.92 Å². The zero-order chi connectivity index (χ0) is 25.4. The number of hydrogen-bond donors (Lipinski definition) is 2. The maximum absolute atomic E-state index is 14.1. The van der Waals surface area contributed by atoms with Crippen molar-refractivity contribution < 1.29 is 45.7 Å². The Balaban J connectivity index is 2.10. The van der Waals surface area contributed by atoms with Crippen molar-refractivity contribution in [1.29, 1.82) is 0 Å². The first-order valence-corrected chi connectivity index (χ1v) is 10.1. The molecule has 0 radical (unpaired) electrons. The summed E-state index contributed by atoms with van der Waals surface area (Å²) in [6, 6.07) is 4.48. The first-order chi connectivity index (χ1) is 15.9. The SMILES string of the molecule is COc1c([C@@H]2[C@@H](C(=O)Nc3ccc(CO)nc3)O[C@](C)(C(F)(F)F)[C@@H]2C)ccc(F)c1C(F)F. The van der Waals surface area contributed by atoms with Gasteiger partial charge >= 0.3 is 6.18 Å². The topological polar surface area (TPSA) is 80.7 Å². The summed E-state index contributed by atoms with van der Waals surface area (Å²) in [5.41, 5.74) is -3.74. The van der Waals surface area contributed by atoms with Gasteiger partial charge in [-0.1, -0.05) is 13.0 Å². The van der Waals surface area contributed by atoms with E-state index >= 15 is 0 Å². The average Bonchev–Trinajstić information content (AvgIpc) is 3.05. The third-order valence-electron chi connectivity index (χ3n) is 6.14. The van der Waals surface area contributed by atoms with Gasteiger partial charge < -0.3 is 19.9 Å². The second-order valence-electron chi connectivity index (χ2n) is 8.03. The summed E-state index contributed by atoms with van der Waals surface area (Å²) in [4.78, 5) is 16.9. The van der Waals surface area contributed by atoms with Crippen molar-refractivity contribution in [1.82, 2.24) is 4.98 Å². The highest BCUT2D eigenvalue weighted by atomic mass is 19.4. The molecule has 0 aliphatic carbocycles. The Morgan fingerprint density at radius 2 is 1.97 bits per heavy atom. The molecular formula is C22H22F6N2O4. The number of carbonyl (C=O) groups is 1. The van der Waals surface area contributed by atoms with Gasteiger partial charge in [0.1, 0.15) is 17.7 Å². The van der Waals surface area contributed by atoms with Crippen LogP contribution in [-0.2, 0) is 16.1 Å². The van der Waals surface area contributed by atoms with Crippen molar-refractivity contribution in [2.45, 2.75) is 50.7 Å². The summed E-state index contributed by atoms with van der Waals surface area (Å²) < 4.78 is 93.4. The lowest BCUT2D eigenvalue weighted by Gasteiger charge is -2.32. The van der Waals surface area contributed by atoms with Crippen LogP contribution in [0.25, 0.3) is 0 Å². The number of nitrogens with one attached hydrogen (secondary N) is 1. The van der Waals surface area contributed by atoms with Gasteiger partial charge in [-0.2, -0.15) is 13.2 Å². The van der Waals surface area contributed by atoms with Gasteiger partial charge in [0.15, 0.2) is 5.60 Å². The predicted molar refractivity (Wildman–Crippen MR) is 108 cm³/mol. The number of benzene rings is 1. The van der Waals surface area contributed by atoms with E-state index in [9.17, 15) is 31.1 Å². The van der Waals surface area contributed by atoms with E-state index in [2.05, 4.69) is 10.3 Å². The van der Waals surface area contributed by atoms with Crippen LogP contribution in [0.3, 0.4) is 0 Å². The number of rotatable bonds is 6. The number of amides is 1. The monoisotopic (exact) mass is 492 g/mol. The molecule has 2 heterocycles. The van der Waals surface area contributed by atoms with Crippen LogP contribution in [0.5, 0.6) is 5.75 Å². The molecule has 0 spiro atoms. The highest BCUT2D eigenvalue weighted by Crippen LogP contribution is 2.55. The second kappa shape index (κ2) is 9.41. The van der Waals surface area contributed by atoms with Gasteiger partial charge in [0, 0.05) is 17.4 Å². The molecule has 1 fully saturated rings. The van der Waals surface area contributed by atoms with Crippen LogP contribution in [0.2, 0.25) is 0 Å². The lowest BCUT2D eigenvalue weighted by molar-refractivity contribution is -0.272. The molecule has 1 amide bonds. The summed E-state index contributed by atoms with van der Waals surface area (Å²) in [5.74, 6) is -5.79. The van der Waals surface area contributed by atoms with Gasteiger partial charge in [-0.3, -0.25) is 9.78 Å². The summed E-state index contributed by atoms with van der Waals surface area (Å²) >= 11 is 0. The van der Waals surface area contributed by atoms with E-state index in [-0.39, 0.29) is 17.9 Å². The van der Waals surface area contributed by atoms with Crippen LogP contribution in [0, 0.1) is 11.7 Å². The van der Waals surface area contributed by atoms with Crippen LogP contribution in [0.15, 0.2) is 30.5 Å². The van der Waals surface area contributed by atoms with Crippen molar-refractivity contribution in [3.05, 3.63) is 53.1 Å². The number of ether oxygens (including phenoxy) is 2. The number of aliphatic hydroxyl groups is 1. The molecule has 2 aromatic rings. The van der Waals surface area contributed by atoms with E-state index in [0.717, 1.165) is 20.1 Å². The molecule has 34 heavy (non-hydrogen) atoms. The average molecular weight is 492 g/mol. The fraction of sp³-hybridized carbons (Fsp3) is 0.455. The first-order valence-electron chi connectivity index (χ1n) is 10.1. The third kappa shape index (κ3) is 4.43. The number of aliphatic hydroxyl groups excluding tert-OH is 1. The first kappa shape index (κ1) is 25.8. The molecule has 0 bridgehead atoms. The van der Waals surface area contributed by atoms with Crippen LogP contribution in [-0.4, -0.2) is 41.0 Å². The van der Waals surface area contributed by atoms with E-state index in [1.807, 2.05) is 0 Å². The second-order valence-corrected chi connectivity index (χ2v) is 8.03. The molecule has 1 saturated heterocycles. The highest BCUT2D eigenvalue weighted by molar-refractivity contribution is 5.95. The quantitative estimate of drug-likeness (QED) is 0.570. The van der Waals surface area contributed by atoms with Crippen molar-refractivity contribution in [3.8, 4) is 5.75 Å². The summed E-state index contributed by atoms with van der Waals surface area (Å²) in [6.07, 6.45) is -8.83. The number of nitrogens with zero attached hydrogens (tertiary/aromatic N) is 1. The number of alkyl halides is 5. The number of halogens is 6. The molecular weight excluding hydrogens is 470 g/mol. The smallest absolute Gasteiger partial charge is 0.417 e. The summed E-state index contributed by atoms with van der Waals surface area (Å²) in [5, 5.41) is 11.5. The van der Waals surface area contributed by atoms with Gasteiger partial charge in [-0.25, -0.2) is 13.2 Å². The highest BCUT2D eigenvalue weighted by Gasteiger charge is 2.65. The maximum Gasteiger partial charge on any atom is 0.417 e. The molecule has 0 unspecified atom stereocenters. The molecule has 0 saturated carbocycles. The number of carbonyl (C=O) groups excluding carboxylic acids is 1. The van der Waals surface area contributed by atoms with Gasteiger partial charge in [-0.15, -0.1) is 0 Å². The zero-order valence-electron chi connectivity index (χ0n) is 18.3. The Labute approximate surface area is 190 Å². The van der Waals surface area contributed by atoms with Crippen molar-refractivity contribution >= 4 is 11.6 Å². The lowest BCUT2D eigenvalue weighted by Crippen LogP contribution is -2.47. The molecule has 1 aliphatic rings. The Kier molecular flexibility index (Phi) is 7.13. The minimum absolute atomic E-state index is 0.108. The fourth-order valence-corrected chi connectivity index (χ4v) is 4.11. The van der Waals surface area contributed by atoms with Gasteiger partial charge in [0.2, 0.25) is 0 Å². The summed E-state index contributed by atoms with van der Waals surface area (Å²) in [6.45, 7) is 1.58. The number of aromatic nitrogens is 1. The van der Waals surface area contributed by atoms with Crippen LogP contribution < -0.4 is 10.1 Å². The Hall–Kier alpha value is -2.86.